The first kappa shape index (κ1) is 15.7. The summed E-state index contributed by atoms with van der Waals surface area (Å²) in [5.41, 5.74) is 1.33. The average molecular weight is 242 g/mol. The molecule has 18 heavy (non-hydrogen) atoms. The Bertz CT molecular complexity index is 410. The highest BCUT2D eigenvalue weighted by molar-refractivity contribution is 5.18. The van der Waals surface area contributed by atoms with Crippen LogP contribution in [0.2, 0.25) is 0 Å². The lowest BCUT2D eigenvalue weighted by Crippen LogP contribution is -1.75. The Morgan fingerprint density at radius 2 is 1.33 bits per heavy atom. The lowest BCUT2D eigenvalue weighted by Gasteiger charge is -1.91. The maximum Gasteiger partial charge on any atom is 0.115 e. The summed E-state index contributed by atoms with van der Waals surface area (Å²) in [4.78, 5) is 8.00. The maximum absolute atomic E-state index is 8.63. The highest BCUT2D eigenvalue weighted by Crippen LogP contribution is 2.02. The van der Waals surface area contributed by atoms with Crippen LogP contribution >= 0.6 is 0 Å². The van der Waals surface area contributed by atoms with E-state index >= 15 is 0 Å². The van der Waals surface area contributed by atoms with Gasteiger partial charge in [-0.05, 0) is 24.1 Å². The van der Waals surface area contributed by atoms with Crippen LogP contribution in [0.1, 0.15) is 5.56 Å². The van der Waals surface area contributed by atoms with Crippen LogP contribution in [0.5, 0.6) is 5.75 Å². The molecular formula is C16H18O2. The van der Waals surface area contributed by atoms with E-state index in [0.717, 1.165) is 6.42 Å². The number of benzene rings is 2. The Labute approximate surface area is 108 Å². The van der Waals surface area contributed by atoms with Crippen LogP contribution in [-0.4, -0.2) is 11.9 Å². The van der Waals surface area contributed by atoms with Crippen molar-refractivity contribution in [3.8, 4) is 5.75 Å². The van der Waals surface area contributed by atoms with E-state index in [4.69, 9.17) is 9.90 Å². The maximum atomic E-state index is 8.63. The average Bonchev–Trinajstić information content (AvgIpc) is 2.44. The molecule has 94 valence electrons. The Kier molecular flexibility index (Phi) is 9.69. The molecule has 0 saturated heterocycles. The largest absolute Gasteiger partial charge is 0.508 e. The minimum atomic E-state index is 0.322. The number of rotatable bonds is 2. The van der Waals surface area contributed by atoms with E-state index in [1.807, 2.05) is 37.1 Å². The van der Waals surface area contributed by atoms with Crippen molar-refractivity contribution in [1.29, 1.82) is 0 Å². The molecule has 2 aromatic rings. The number of carbonyl (C=O) groups is 1. The van der Waals surface area contributed by atoms with Crippen molar-refractivity contribution in [2.45, 2.75) is 6.42 Å². The molecule has 0 aliphatic carbocycles. The van der Waals surface area contributed by atoms with E-state index < -0.39 is 0 Å². The second-order valence-electron chi connectivity index (χ2n) is 3.31. The topological polar surface area (TPSA) is 37.3 Å². The fourth-order valence-electron chi connectivity index (χ4n) is 1.21. The van der Waals surface area contributed by atoms with Gasteiger partial charge in [-0.3, -0.25) is 0 Å². The van der Waals surface area contributed by atoms with Gasteiger partial charge in [0, 0.05) is 0 Å². The highest BCUT2D eigenvalue weighted by atomic mass is 16.3. The van der Waals surface area contributed by atoms with Gasteiger partial charge in [0.15, 0.2) is 0 Å². The van der Waals surface area contributed by atoms with Gasteiger partial charge in [-0.25, -0.2) is 0 Å². The number of para-hydroxylation sites is 1. The normalized spacial score (nSPS) is 8.00. The van der Waals surface area contributed by atoms with Crippen molar-refractivity contribution in [2.24, 2.45) is 0 Å². The SMILES string of the molecule is C=CCc1ccccc1.C=O.Oc1ccccc1. The smallest absolute Gasteiger partial charge is 0.115 e. The molecule has 0 aliphatic heterocycles. The molecule has 0 bridgehead atoms. The van der Waals surface area contributed by atoms with Crippen molar-refractivity contribution in [2.75, 3.05) is 0 Å². The molecule has 0 spiro atoms. The number of allylic oxidation sites excluding steroid dienone is 1. The van der Waals surface area contributed by atoms with E-state index in [1.54, 1.807) is 24.3 Å². The molecule has 0 aromatic heterocycles. The van der Waals surface area contributed by atoms with Crippen molar-refractivity contribution < 1.29 is 9.90 Å². The molecule has 0 amide bonds. The van der Waals surface area contributed by atoms with Gasteiger partial charge in [0.2, 0.25) is 0 Å². The third kappa shape index (κ3) is 7.88. The zero-order chi connectivity index (χ0) is 13.6. The highest BCUT2D eigenvalue weighted by Gasteiger charge is 1.82. The molecule has 2 nitrogen and oxygen atoms in total. The Morgan fingerprint density at radius 1 is 0.889 bits per heavy atom. The Hall–Kier alpha value is -2.35. The minimum Gasteiger partial charge on any atom is -0.508 e. The van der Waals surface area contributed by atoms with Crippen LogP contribution in [0.3, 0.4) is 0 Å². The van der Waals surface area contributed by atoms with Crippen LogP contribution in [0, 0.1) is 0 Å². The first-order valence-electron chi connectivity index (χ1n) is 5.50. The standard InChI is InChI=1S/C9H10.C6H6O.CH2O/c1-2-6-9-7-4-3-5-8-9;7-6-4-2-1-3-5-6;1-2/h2-5,7-8H,1,6H2;1-5,7H;1H2. The van der Waals surface area contributed by atoms with Gasteiger partial charge in [0.25, 0.3) is 0 Å². The number of phenolic OH excluding ortho intramolecular Hbond substituents is 1. The lowest BCUT2D eigenvalue weighted by molar-refractivity contribution is -0.0979. The first-order valence-corrected chi connectivity index (χ1v) is 5.50. The predicted octanol–water partition coefficient (Wildman–Crippen LogP) is 3.62. The molecule has 0 aliphatic rings. The van der Waals surface area contributed by atoms with E-state index in [1.165, 1.54) is 5.56 Å². The molecule has 2 aromatic carbocycles. The second kappa shape index (κ2) is 11.1. The number of carbonyl (C=O) groups excluding carboxylic acids is 1. The Balaban J connectivity index is 0.000000289. The minimum absolute atomic E-state index is 0.322. The summed E-state index contributed by atoms with van der Waals surface area (Å²) in [7, 11) is 0. The molecule has 2 heteroatoms. The van der Waals surface area contributed by atoms with Crippen LogP contribution in [0.25, 0.3) is 0 Å². The molecule has 0 unspecified atom stereocenters. The zero-order valence-electron chi connectivity index (χ0n) is 10.3. The van der Waals surface area contributed by atoms with E-state index in [2.05, 4.69) is 18.7 Å². The second-order valence-corrected chi connectivity index (χ2v) is 3.31. The molecule has 0 fully saturated rings. The molecule has 2 rings (SSSR count). The Morgan fingerprint density at radius 3 is 1.67 bits per heavy atom. The van der Waals surface area contributed by atoms with Crippen molar-refractivity contribution in [3.63, 3.8) is 0 Å². The van der Waals surface area contributed by atoms with Gasteiger partial charge in [0.1, 0.15) is 12.5 Å². The van der Waals surface area contributed by atoms with Gasteiger partial charge in [-0.15, -0.1) is 6.58 Å². The van der Waals surface area contributed by atoms with E-state index in [0.29, 0.717) is 5.75 Å². The summed E-state index contributed by atoms with van der Waals surface area (Å²) < 4.78 is 0. The van der Waals surface area contributed by atoms with Crippen LogP contribution in [0.15, 0.2) is 73.3 Å². The predicted molar refractivity (Wildman–Crippen MR) is 75.6 cm³/mol. The number of hydrogen-bond donors (Lipinski definition) is 1. The van der Waals surface area contributed by atoms with Gasteiger partial charge in [-0.2, -0.15) is 0 Å². The fourth-order valence-corrected chi connectivity index (χ4v) is 1.21. The van der Waals surface area contributed by atoms with Gasteiger partial charge >= 0.3 is 0 Å². The van der Waals surface area contributed by atoms with Gasteiger partial charge in [0.05, 0.1) is 0 Å². The molecule has 0 heterocycles. The van der Waals surface area contributed by atoms with Gasteiger partial charge in [-0.1, -0.05) is 54.6 Å². The molecular weight excluding hydrogens is 224 g/mol. The summed E-state index contributed by atoms with van der Waals surface area (Å²) in [5, 5.41) is 8.63. The number of aromatic hydroxyl groups is 1. The third-order valence-electron chi connectivity index (χ3n) is 1.98. The zero-order valence-corrected chi connectivity index (χ0v) is 10.3. The summed E-state index contributed by atoms with van der Waals surface area (Å²) in [6, 6.07) is 19.0. The summed E-state index contributed by atoms with van der Waals surface area (Å²) >= 11 is 0. The first-order chi connectivity index (χ1) is 8.83. The third-order valence-corrected chi connectivity index (χ3v) is 1.98. The van der Waals surface area contributed by atoms with Crippen LogP contribution < -0.4 is 0 Å². The fraction of sp³-hybridized carbons (Fsp3) is 0.0625. The van der Waals surface area contributed by atoms with E-state index in [-0.39, 0.29) is 0 Å². The molecule has 0 atom stereocenters. The quantitative estimate of drug-likeness (QED) is 0.817. The van der Waals surface area contributed by atoms with Crippen molar-refractivity contribution >= 4 is 6.79 Å². The lowest BCUT2D eigenvalue weighted by atomic mass is 10.2. The summed E-state index contributed by atoms with van der Waals surface area (Å²) in [5.74, 6) is 0.322. The van der Waals surface area contributed by atoms with Crippen LogP contribution in [-0.2, 0) is 11.2 Å². The molecule has 1 N–H and O–H groups in total. The van der Waals surface area contributed by atoms with Crippen molar-refractivity contribution in [3.05, 3.63) is 78.9 Å². The number of hydrogen-bond acceptors (Lipinski definition) is 2. The van der Waals surface area contributed by atoms with Gasteiger partial charge < -0.3 is 9.90 Å². The van der Waals surface area contributed by atoms with Crippen molar-refractivity contribution in [1.82, 2.24) is 0 Å². The summed E-state index contributed by atoms with van der Waals surface area (Å²) in [6.45, 7) is 5.66. The molecule has 0 saturated carbocycles. The summed E-state index contributed by atoms with van der Waals surface area (Å²) in [6.07, 6.45) is 2.89. The van der Waals surface area contributed by atoms with E-state index in [9.17, 15) is 0 Å². The van der Waals surface area contributed by atoms with Crippen LogP contribution in [0.4, 0.5) is 0 Å². The monoisotopic (exact) mass is 242 g/mol. The number of phenols is 1. The molecule has 0 radical (unpaired) electrons.